The highest BCUT2D eigenvalue weighted by atomic mass is 15.2. The lowest BCUT2D eigenvalue weighted by Crippen LogP contribution is -2.38. The summed E-state index contributed by atoms with van der Waals surface area (Å²) in [7, 11) is 0. The van der Waals surface area contributed by atoms with Crippen LogP contribution in [-0.4, -0.2) is 24.0 Å². The second-order valence-corrected chi connectivity index (χ2v) is 7.11. The lowest BCUT2D eigenvalue weighted by molar-refractivity contribution is 0.259. The van der Waals surface area contributed by atoms with Crippen LogP contribution in [0, 0.1) is 11.8 Å². The van der Waals surface area contributed by atoms with Crippen LogP contribution in [0.2, 0.25) is 0 Å². The molecule has 1 heterocycles. The van der Waals surface area contributed by atoms with E-state index in [-0.39, 0.29) is 0 Å². The monoisotopic (exact) mass is 272 g/mol. The van der Waals surface area contributed by atoms with Gasteiger partial charge in [-0.15, -0.1) is 0 Å². The average Bonchev–Trinajstić information content (AvgIpc) is 2.83. The number of fused-ring (bicyclic) bond motifs is 1. The maximum Gasteiger partial charge on any atom is 0.0233 e. The highest BCUT2D eigenvalue weighted by Crippen LogP contribution is 2.36. The van der Waals surface area contributed by atoms with E-state index >= 15 is 0 Å². The van der Waals surface area contributed by atoms with Crippen molar-refractivity contribution in [2.45, 2.75) is 51.6 Å². The molecule has 1 aromatic carbocycles. The highest BCUT2D eigenvalue weighted by Gasteiger charge is 2.38. The topological polar surface area (TPSA) is 29.3 Å². The molecule has 0 radical (unpaired) electrons. The molecule has 1 saturated heterocycles. The van der Waals surface area contributed by atoms with Crippen LogP contribution < -0.4 is 5.73 Å². The molecule has 3 unspecified atom stereocenters. The van der Waals surface area contributed by atoms with Crippen molar-refractivity contribution in [2.24, 2.45) is 17.6 Å². The van der Waals surface area contributed by atoms with Crippen molar-refractivity contribution in [3.8, 4) is 0 Å². The first kappa shape index (κ1) is 14.1. The van der Waals surface area contributed by atoms with E-state index in [0.717, 1.165) is 18.4 Å². The van der Waals surface area contributed by atoms with Gasteiger partial charge in [-0.1, -0.05) is 44.5 Å². The van der Waals surface area contributed by atoms with Crippen LogP contribution in [0.15, 0.2) is 24.3 Å². The Morgan fingerprint density at radius 2 is 1.90 bits per heavy atom. The van der Waals surface area contributed by atoms with Gasteiger partial charge in [-0.05, 0) is 41.7 Å². The van der Waals surface area contributed by atoms with Gasteiger partial charge >= 0.3 is 0 Å². The number of nitrogens with two attached hydrogens (primary N) is 1. The fraction of sp³-hybridized carbons (Fsp3) is 0.667. The van der Waals surface area contributed by atoms with Gasteiger partial charge in [0.2, 0.25) is 0 Å². The number of hydrogen-bond donors (Lipinski definition) is 1. The van der Waals surface area contributed by atoms with Crippen LogP contribution in [0.25, 0.3) is 0 Å². The molecule has 1 aromatic rings. The van der Waals surface area contributed by atoms with Crippen molar-refractivity contribution < 1.29 is 0 Å². The SMILES string of the molecule is CC(C)c1ccc(CN2CC3CCCC(N)C3C2)cc1. The lowest BCUT2D eigenvalue weighted by atomic mass is 9.78. The van der Waals surface area contributed by atoms with Gasteiger partial charge in [0.15, 0.2) is 0 Å². The van der Waals surface area contributed by atoms with Crippen molar-refractivity contribution in [2.75, 3.05) is 13.1 Å². The van der Waals surface area contributed by atoms with Crippen LogP contribution in [0.3, 0.4) is 0 Å². The Balaban J connectivity index is 1.61. The average molecular weight is 272 g/mol. The minimum atomic E-state index is 0.446. The summed E-state index contributed by atoms with van der Waals surface area (Å²) in [4.78, 5) is 2.62. The largest absolute Gasteiger partial charge is 0.327 e. The second kappa shape index (κ2) is 5.87. The lowest BCUT2D eigenvalue weighted by Gasteiger charge is -2.29. The molecule has 2 nitrogen and oxygen atoms in total. The fourth-order valence-corrected chi connectivity index (χ4v) is 4.00. The predicted molar refractivity (Wildman–Crippen MR) is 84.6 cm³/mol. The minimum absolute atomic E-state index is 0.446. The Bertz CT molecular complexity index is 437. The molecule has 110 valence electrons. The number of nitrogens with zero attached hydrogens (tertiary/aromatic N) is 1. The van der Waals surface area contributed by atoms with Gasteiger partial charge in [-0.2, -0.15) is 0 Å². The Hall–Kier alpha value is -0.860. The standard InChI is InChI=1S/C18H28N2/c1-13(2)15-8-6-14(7-9-15)10-20-11-16-4-3-5-18(19)17(16)12-20/h6-9,13,16-18H,3-5,10-12,19H2,1-2H3. The van der Waals surface area contributed by atoms with Crippen LogP contribution in [0.4, 0.5) is 0 Å². The summed E-state index contributed by atoms with van der Waals surface area (Å²) in [5.41, 5.74) is 9.18. The van der Waals surface area contributed by atoms with Gasteiger partial charge in [0.05, 0.1) is 0 Å². The Labute approximate surface area is 123 Å². The fourth-order valence-electron chi connectivity index (χ4n) is 4.00. The van der Waals surface area contributed by atoms with E-state index in [1.54, 1.807) is 0 Å². The molecule has 1 aliphatic carbocycles. The third-order valence-corrected chi connectivity index (χ3v) is 5.28. The zero-order chi connectivity index (χ0) is 14.1. The van der Waals surface area contributed by atoms with Crippen LogP contribution in [-0.2, 0) is 6.54 Å². The van der Waals surface area contributed by atoms with E-state index < -0.39 is 0 Å². The molecular weight excluding hydrogens is 244 g/mol. The molecule has 0 spiro atoms. The van der Waals surface area contributed by atoms with Gasteiger partial charge in [0.1, 0.15) is 0 Å². The van der Waals surface area contributed by atoms with Crippen LogP contribution in [0.5, 0.6) is 0 Å². The molecule has 0 aromatic heterocycles. The second-order valence-electron chi connectivity index (χ2n) is 7.11. The highest BCUT2D eigenvalue weighted by molar-refractivity contribution is 5.24. The molecule has 1 aliphatic heterocycles. The molecule has 2 heteroatoms. The van der Waals surface area contributed by atoms with Gasteiger partial charge in [0.25, 0.3) is 0 Å². The number of hydrogen-bond acceptors (Lipinski definition) is 2. The minimum Gasteiger partial charge on any atom is -0.327 e. The first-order valence-electron chi connectivity index (χ1n) is 8.20. The molecule has 2 aliphatic rings. The first-order valence-corrected chi connectivity index (χ1v) is 8.20. The van der Waals surface area contributed by atoms with Crippen molar-refractivity contribution in [1.29, 1.82) is 0 Å². The molecule has 0 amide bonds. The van der Waals surface area contributed by atoms with E-state index in [1.807, 2.05) is 0 Å². The summed E-state index contributed by atoms with van der Waals surface area (Å²) in [6.45, 7) is 8.06. The number of rotatable bonds is 3. The maximum absolute atomic E-state index is 6.30. The third kappa shape index (κ3) is 2.91. The summed E-state index contributed by atoms with van der Waals surface area (Å²) >= 11 is 0. The van der Waals surface area contributed by atoms with Gasteiger partial charge in [-0.3, -0.25) is 4.90 Å². The predicted octanol–water partition coefficient (Wildman–Crippen LogP) is 3.37. The smallest absolute Gasteiger partial charge is 0.0233 e. The van der Waals surface area contributed by atoms with Crippen molar-refractivity contribution >= 4 is 0 Å². The first-order chi connectivity index (χ1) is 9.63. The van der Waals surface area contributed by atoms with Gasteiger partial charge in [-0.25, -0.2) is 0 Å². The number of benzene rings is 1. The van der Waals surface area contributed by atoms with Crippen LogP contribution in [0.1, 0.15) is 50.2 Å². The molecule has 3 atom stereocenters. The van der Waals surface area contributed by atoms with Crippen molar-refractivity contribution in [1.82, 2.24) is 4.90 Å². The quantitative estimate of drug-likeness (QED) is 0.914. The van der Waals surface area contributed by atoms with Crippen molar-refractivity contribution in [3.63, 3.8) is 0 Å². The Morgan fingerprint density at radius 1 is 1.15 bits per heavy atom. The molecular formula is C18H28N2. The Morgan fingerprint density at radius 3 is 2.55 bits per heavy atom. The summed E-state index contributed by atoms with van der Waals surface area (Å²) in [5, 5.41) is 0. The van der Waals surface area contributed by atoms with E-state index in [2.05, 4.69) is 43.0 Å². The number of likely N-dealkylation sites (tertiary alicyclic amines) is 1. The summed E-state index contributed by atoms with van der Waals surface area (Å²) < 4.78 is 0. The molecule has 0 bridgehead atoms. The van der Waals surface area contributed by atoms with E-state index in [1.165, 1.54) is 43.5 Å². The zero-order valence-corrected chi connectivity index (χ0v) is 12.9. The van der Waals surface area contributed by atoms with E-state index in [4.69, 9.17) is 5.73 Å². The normalized spacial score (nSPS) is 30.7. The summed E-state index contributed by atoms with van der Waals surface area (Å²) in [5.74, 6) is 2.23. The van der Waals surface area contributed by atoms with Crippen molar-refractivity contribution in [3.05, 3.63) is 35.4 Å². The van der Waals surface area contributed by atoms with Gasteiger partial charge in [0, 0.05) is 25.7 Å². The Kier molecular flexibility index (Phi) is 4.13. The summed E-state index contributed by atoms with van der Waals surface area (Å²) in [6.07, 6.45) is 3.96. The maximum atomic E-state index is 6.30. The summed E-state index contributed by atoms with van der Waals surface area (Å²) in [6, 6.07) is 9.63. The zero-order valence-electron chi connectivity index (χ0n) is 12.9. The van der Waals surface area contributed by atoms with E-state index in [0.29, 0.717) is 12.0 Å². The van der Waals surface area contributed by atoms with Crippen LogP contribution >= 0.6 is 0 Å². The van der Waals surface area contributed by atoms with Gasteiger partial charge < -0.3 is 5.73 Å². The van der Waals surface area contributed by atoms with E-state index in [9.17, 15) is 0 Å². The molecule has 2 N–H and O–H groups in total. The third-order valence-electron chi connectivity index (χ3n) is 5.28. The molecule has 1 saturated carbocycles. The molecule has 3 rings (SSSR count). The molecule has 2 fully saturated rings. The molecule has 20 heavy (non-hydrogen) atoms.